The normalized spacial score (nSPS) is 18.0. The molecule has 256 valence electrons. The third kappa shape index (κ3) is 8.90. The monoisotopic (exact) mass is 693 g/mol. The molecule has 47 heavy (non-hydrogen) atoms. The van der Waals surface area contributed by atoms with Crippen molar-refractivity contribution in [3.05, 3.63) is 83.6 Å². The summed E-state index contributed by atoms with van der Waals surface area (Å²) in [5.74, 6) is -0.562. The summed E-state index contributed by atoms with van der Waals surface area (Å²) >= 11 is 0. The molecule has 1 amide bonds. The molecule has 1 unspecified atom stereocenters. The number of pyridine rings is 1. The lowest BCUT2D eigenvalue weighted by molar-refractivity contribution is -0.301. The maximum atomic E-state index is 13.6. The van der Waals surface area contributed by atoms with Crippen molar-refractivity contribution in [2.24, 2.45) is 0 Å². The Bertz CT molecular complexity index is 1610. The second-order valence-electron chi connectivity index (χ2n) is 10.6. The molecule has 2 N–H and O–H groups in total. The number of aromatic nitrogens is 1. The van der Waals surface area contributed by atoms with Crippen LogP contribution in [-0.2, 0) is 20.8 Å². The Balaban J connectivity index is 1.48. The van der Waals surface area contributed by atoms with Crippen LogP contribution in [0.25, 0.3) is 0 Å². The van der Waals surface area contributed by atoms with Gasteiger partial charge in [0, 0.05) is 12.6 Å². The van der Waals surface area contributed by atoms with Gasteiger partial charge in [-0.3, -0.25) is 4.79 Å². The summed E-state index contributed by atoms with van der Waals surface area (Å²) in [5, 5.41) is 12.5. The highest BCUT2D eigenvalue weighted by Crippen LogP contribution is 2.33. The predicted molar refractivity (Wildman–Crippen MR) is 154 cm³/mol. The first-order valence-corrected chi connectivity index (χ1v) is 15.8. The van der Waals surface area contributed by atoms with Gasteiger partial charge in [0.05, 0.1) is 53.6 Å². The minimum atomic E-state index is -4.73. The topological polar surface area (TPSA) is 118 Å². The number of halogens is 7. The number of aliphatic hydroxyl groups excluding tert-OH is 1. The molecule has 2 heterocycles. The highest BCUT2D eigenvalue weighted by molar-refractivity contribution is 7.91. The maximum absolute atomic E-state index is 13.6. The highest BCUT2D eigenvalue weighted by Gasteiger charge is 2.44. The maximum Gasteiger partial charge on any atom is 0.416 e. The van der Waals surface area contributed by atoms with Crippen LogP contribution in [0.15, 0.2) is 71.8 Å². The van der Waals surface area contributed by atoms with Crippen molar-refractivity contribution in [2.75, 3.05) is 30.4 Å². The molecular weight excluding hydrogens is 663 g/mol. The summed E-state index contributed by atoms with van der Waals surface area (Å²) in [4.78, 5) is 18.7. The van der Waals surface area contributed by atoms with Gasteiger partial charge in [0.15, 0.2) is 9.84 Å². The number of anilines is 1. The molecule has 1 aliphatic heterocycles. The van der Waals surface area contributed by atoms with Gasteiger partial charge in [-0.05, 0) is 54.1 Å². The van der Waals surface area contributed by atoms with Crippen LogP contribution < -0.4 is 15.0 Å². The molecule has 1 saturated heterocycles. The summed E-state index contributed by atoms with van der Waals surface area (Å²) in [7, 11) is -3.46. The van der Waals surface area contributed by atoms with E-state index in [4.69, 9.17) is 4.74 Å². The van der Waals surface area contributed by atoms with Gasteiger partial charge in [-0.25, -0.2) is 22.2 Å². The van der Waals surface area contributed by atoms with Crippen LogP contribution in [0.3, 0.4) is 0 Å². The number of rotatable bonds is 13. The number of amides is 1. The van der Waals surface area contributed by atoms with E-state index in [1.807, 2.05) is 0 Å². The molecule has 0 aliphatic carbocycles. The van der Waals surface area contributed by atoms with E-state index in [1.54, 1.807) is 0 Å². The summed E-state index contributed by atoms with van der Waals surface area (Å²) in [6.07, 6.45) is -13.1. The average molecular weight is 694 g/mol. The number of hydrogen-bond acceptors (Lipinski definition) is 8. The fourth-order valence-corrected chi connectivity index (χ4v) is 5.71. The summed E-state index contributed by atoms with van der Waals surface area (Å²) < 4.78 is 125. The zero-order valence-electron chi connectivity index (χ0n) is 24.6. The molecular formula is C30H30F7N3O6S. The molecule has 0 radical (unpaired) electrons. The third-order valence-corrected chi connectivity index (χ3v) is 9.15. The zero-order valence-corrected chi connectivity index (χ0v) is 25.4. The van der Waals surface area contributed by atoms with Gasteiger partial charge in [-0.2, -0.15) is 22.0 Å². The van der Waals surface area contributed by atoms with E-state index in [-0.39, 0.29) is 40.7 Å². The van der Waals surface area contributed by atoms with Crippen LogP contribution in [0.5, 0.6) is 5.75 Å². The van der Waals surface area contributed by atoms with E-state index < -0.39 is 71.4 Å². The van der Waals surface area contributed by atoms with Crippen molar-refractivity contribution >= 4 is 21.6 Å². The highest BCUT2D eigenvalue weighted by atomic mass is 32.2. The van der Waals surface area contributed by atoms with Gasteiger partial charge in [-0.1, -0.05) is 19.1 Å². The number of nitrogens with one attached hydrogen (secondary N) is 1. The van der Waals surface area contributed by atoms with Crippen molar-refractivity contribution in [3.8, 4) is 5.75 Å². The SMILES string of the molecule is CCS(=O)(=O)c1ccc([C@H](CO)NC(=O)c2ccc(N3CC(Oc4ccc(C(F)(F)F)cc4)C[C@H]3COC(F)(F)C(F)F)nc2)cc1. The minimum absolute atomic E-state index is 0.0335. The van der Waals surface area contributed by atoms with E-state index in [1.165, 1.54) is 48.2 Å². The summed E-state index contributed by atoms with van der Waals surface area (Å²) in [6, 6.07) is 10.3. The first-order chi connectivity index (χ1) is 22.0. The van der Waals surface area contributed by atoms with Crippen LogP contribution in [0.2, 0.25) is 0 Å². The summed E-state index contributed by atoms with van der Waals surface area (Å²) in [6.45, 7) is 0.0727. The lowest BCUT2D eigenvalue weighted by Crippen LogP contribution is -2.39. The Kier molecular flexibility index (Phi) is 11.0. The molecule has 9 nitrogen and oxygen atoms in total. The van der Waals surface area contributed by atoms with Crippen LogP contribution in [-0.4, -0.2) is 74.6 Å². The number of benzene rings is 2. The van der Waals surface area contributed by atoms with Gasteiger partial charge in [0.1, 0.15) is 17.7 Å². The number of carbonyl (C=O) groups excluding carboxylic acids is 1. The van der Waals surface area contributed by atoms with Crippen molar-refractivity contribution in [2.45, 2.75) is 55.1 Å². The molecule has 2 aromatic carbocycles. The van der Waals surface area contributed by atoms with Gasteiger partial charge < -0.3 is 24.8 Å². The second kappa shape index (κ2) is 14.4. The van der Waals surface area contributed by atoms with E-state index in [0.717, 1.165) is 30.5 Å². The molecule has 3 atom stereocenters. The first-order valence-electron chi connectivity index (χ1n) is 14.1. The van der Waals surface area contributed by atoms with Gasteiger partial charge in [-0.15, -0.1) is 0 Å². The number of carbonyl (C=O) groups is 1. The van der Waals surface area contributed by atoms with Crippen molar-refractivity contribution in [1.29, 1.82) is 0 Å². The predicted octanol–water partition coefficient (Wildman–Crippen LogP) is 5.26. The number of sulfone groups is 1. The Labute approximate surface area is 265 Å². The van der Waals surface area contributed by atoms with Crippen LogP contribution in [0.4, 0.5) is 36.6 Å². The van der Waals surface area contributed by atoms with Gasteiger partial charge >= 0.3 is 18.7 Å². The van der Waals surface area contributed by atoms with Gasteiger partial charge in [0.25, 0.3) is 5.91 Å². The van der Waals surface area contributed by atoms with Crippen molar-refractivity contribution in [3.63, 3.8) is 0 Å². The van der Waals surface area contributed by atoms with Crippen LogP contribution in [0, 0.1) is 0 Å². The molecule has 4 rings (SSSR count). The first kappa shape index (κ1) is 35.9. The van der Waals surface area contributed by atoms with Crippen LogP contribution in [0.1, 0.15) is 40.9 Å². The number of nitrogens with zero attached hydrogens (tertiary/aromatic N) is 2. The third-order valence-electron chi connectivity index (χ3n) is 7.40. The summed E-state index contributed by atoms with van der Waals surface area (Å²) in [5.41, 5.74) is -0.441. The quantitative estimate of drug-likeness (QED) is 0.233. The van der Waals surface area contributed by atoms with Crippen LogP contribution >= 0.6 is 0 Å². The number of hydrogen-bond donors (Lipinski definition) is 2. The Morgan fingerprint density at radius 2 is 1.70 bits per heavy atom. The smallest absolute Gasteiger partial charge is 0.416 e. The molecule has 3 aromatic rings. The molecule has 0 spiro atoms. The molecule has 17 heteroatoms. The Morgan fingerprint density at radius 3 is 2.23 bits per heavy atom. The number of aliphatic hydroxyl groups is 1. The second-order valence-corrected chi connectivity index (χ2v) is 12.8. The van der Waals surface area contributed by atoms with Crippen molar-refractivity contribution in [1.82, 2.24) is 10.3 Å². The lowest BCUT2D eigenvalue weighted by atomic mass is 10.1. The molecule has 0 bridgehead atoms. The average Bonchev–Trinajstić information content (AvgIpc) is 3.44. The van der Waals surface area contributed by atoms with E-state index in [2.05, 4.69) is 15.0 Å². The molecule has 1 aliphatic rings. The zero-order chi connectivity index (χ0) is 34.6. The van der Waals surface area contributed by atoms with Gasteiger partial charge in [0.2, 0.25) is 0 Å². The van der Waals surface area contributed by atoms with E-state index in [9.17, 15) is 49.1 Å². The Hall–Kier alpha value is -3.96. The minimum Gasteiger partial charge on any atom is -0.489 e. The van der Waals surface area contributed by atoms with E-state index in [0.29, 0.717) is 5.56 Å². The number of ether oxygens (including phenoxy) is 2. The standard InChI is InChI=1S/C30H30F7N3O6S/c1-2-47(43,44)24-10-3-18(4-11-24)25(16-41)39-27(42)19-5-12-26(38-14-19)40-15-23(13-21(40)17-45-30(36,37)28(31)32)46-22-8-6-20(7-9-22)29(33,34)35/h3-12,14,21,23,25,28,41H,2,13,15-17H2,1H3,(H,39,42)/t21-,23?,25-/m0/s1. The Morgan fingerprint density at radius 1 is 1.04 bits per heavy atom. The largest absolute Gasteiger partial charge is 0.489 e. The molecule has 1 fully saturated rings. The molecule has 1 aromatic heterocycles. The lowest BCUT2D eigenvalue weighted by Gasteiger charge is -2.27. The van der Waals surface area contributed by atoms with Crippen molar-refractivity contribution < 1.29 is 58.5 Å². The molecule has 0 saturated carbocycles. The van der Waals surface area contributed by atoms with E-state index >= 15 is 0 Å². The number of alkyl halides is 7. The fraction of sp³-hybridized carbons (Fsp3) is 0.400. The fourth-order valence-electron chi connectivity index (χ4n) is 4.82.